The lowest BCUT2D eigenvalue weighted by atomic mass is 10.0. The first-order valence-corrected chi connectivity index (χ1v) is 15.7. The van der Waals surface area contributed by atoms with E-state index in [1.54, 1.807) is 36.4 Å². The fraction of sp³-hybridized carbons (Fsp3) is 0.235. The van der Waals surface area contributed by atoms with Crippen LogP contribution in [0.3, 0.4) is 0 Å². The number of sulfonamides is 1. The van der Waals surface area contributed by atoms with Gasteiger partial charge in [0.05, 0.1) is 17.2 Å². The molecule has 230 valence electrons. The van der Waals surface area contributed by atoms with Crippen molar-refractivity contribution in [2.24, 2.45) is 0 Å². The van der Waals surface area contributed by atoms with E-state index < -0.39 is 40.2 Å². The average Bonchev–Trinajstić information content (AvgIpc) is 3.03. The van der Waals surface area contributed by atoms with Crippen LogP contribution in [-0.2, 0) is 32.6 Å². The lowest BCUT2D eigenvalue weighted by Gasteiger charge is -2.33. The second kappa shape index (κ2) is 14.7. The van der Waals surface area contributed by atoms with Gasteiger partial charge in [-0.2, -0.15) is 0 Å². The number of anilines is 1. The Morgan fingerprint density at radius 3 is 2.09 bits per heavy atom. The Morgan fingerprint density at radius 2 is 1.50 bits per heavy atom. The summed E-state index contributed by atoms with van der Waals surface area (Å²) >= 11 is 0. The molecule has 0 aliphatic heterocycles. The largest absolute Gasteiger partial charge is 0.494 e. The lowest BCUT2D eigenvalue weighted by Crippen LogP contribution is -2.53. The van der Waals surface area contributed by atoms with Gasteiger partial charge in [-0.1, -0.05) is 60.2 Å². The number of halogens is 1. The molecule has 4 aromatic rings. The molecule has 0 fully saturated rings. The number of likely N-dealkylation sites (N-methyl/N-ethyl adjacent to an activating group) is 1. The maximum Gasteiger partial charge on any atom is 0.264 e. The summed E-state index contributed by atoms with van der Waals surface area (Å²) in [5.74, 6) is -0.915. The number of aryl methyl sites for hydroxylation is 1. The van der Waals surface area contributed by atoms with Crippen molar-refractivity contribution in [1.29, 1.82) is 0 Å². The molecule has 4 rings (SSSR count). The smallest absolute Gasteiger partial charge is 0.264 e. The fourth-order valence-electron chi connectivity index (χ4n) is 4.75. The highest BCUT2D eigenvalue weighted by Crippen LogP contribution is 2.27. The van der Waals surface area contributed by atoms with Crippen LogP contribution in [0.15, 0.2) is 108 Å². The van der Waals surface area contributed by atoms with Gasteiger partial charge in [-0.3, -0.25) is 13.9 Å². The van der Waals surface area contributed by atoms with E-state index in [-0.39, 0.29) is 23.5 Å². The van der Waals surface area contributed by atoms with Gasteiger partial charge in [0.25, 0.3) is 10.0 Å². The van der Waals surface area contributed by atoms with E-state index in [9.17, 15) is 22.4 Å². The number of carbonyl (C=O) groups is 2. The molecule has 0 saturated carbocycles. The molecule has 0 heterocycles. The van der Waals surface area contributed by atoms with E-state index in [4.69, 9.17) is 4.74 Å². The van der Waals surface area contributed by atoms with E-state index in [0.29, 0.717) is 17.9 Å². The molecule has 1 atom stereocenters. The van der Waals surface area contributed by atoms with Crippen molar-refractivity contribution in [3.8, 4) is 5.75 Å². The number of benzene rings is 4. The number of carbonyl (C=O) groups excluding carboxylic acids is 2. The standard InChI is InChI=1S/C34H36FN3O5S/c1-4-43-30-18-16-29(17-19-30)38(44(41,42)31-20-10-25(2)11-21-31)24-33(39)37(23-27-12-14-28(35)15-13-27)32(34(40)36-3)22-26-8-6-5-7-9-26/h5-21,32H,4,22-24H2,1-3H3,(H,36,40)/t32-/m0/s1. The summed E-state index contributed by atoms with van der Waals surface area (Å²) < 4.78 is 48.4. The maximum atomic E-state index is 14.3. The van der Waals surface area contributed by atoms with Gasteiger partial charge in [-0.25, -0.2) is 12.8 Å². The second-order valence-electron chi connectivity index (χ2n) is 10.2. The van der Waals surface area contributed by atoms with Crippen molar-refractivity contribution in [1.82, 2.24) is 10.2 Å². The van der Waals surface area contributed by atoms with Crippen LogP contribution in [0.5, 0.6) is 5.75 Å². The summed E-state index contributed by atoms with van der Waals surface area (Å²) in [7, 11) is -2.74. The van der Waals surface area contributed by atoms with Crippen molar-refractivity contribution in [2.45, 2.75) is 37.8 Å². The van der Waals surface area contributed by atoms with Gasteiger partial charge in [0, 0.05) is 20.0 Å². The third-order valence-electron chi connectivity index (χ3n) is 7.11. The summed E-state index contributed by atoms with van der Waals surface area (Å²) in [6.07, 6.45) is 0.182. The van der Waals surface area contributed by atoms with Crippen molar-refractivity contribution in [3.05, 3.63) is 126 Å². The molecule has 0 radical (unpaired) electrons. The summed E-state index contributed by atoms with van der Waals surface area (Å²) in [6.45, 7) is 3.49. The zero-order chi connectivity index (χ0) is 31.7. The molecule has 44 heavy (non-hydrogen) atoms. The van der Waals surface area contributed by atoms with Crippen LogP contribution in [0, 0.1) is 12.7 Å². The van der Waals surface area contributed by atoms with Crippen LogP contribution in [0.2, 0.25) is 0 Å². The van der Waals surface area contributed by atoms with Crippen LogP contribution in [0.4, 0.5) is 10.1 Å². The van der Waals surface area contributed by atoms with Crippen LogP contribution < -0.4 is 14.4 Å². The van der Waals surface area contributed by atoms with Gasteiger partial charge < -0.3 is 15.0 Å². The first kappa shape index (κ1) is 32.2. The van der Waals surface area contributed by atoms with Crippen LogP contribution in [-0.4, -0.2) is 51.4 Å². The van der Waals surface area contributed by atoms with Gasteiger partial charge in [-0.05, 0) is 73.5 Å². The molecule has 0 aliphatic rings. The number of nitrogens with zero attached hydrogens (tertiary/aromatic N) is 2. The Hall–Kier alpha value is -4.70. The van der Waals surface area contributed by atoms with Crippen molar-refractivity contribution in [2.75, 3.05) is 24.5 Å². The quantitative estimate of drug-likeness (QED) is 0.225. The molecule has 8 nitrogen and oxygen atoms in total. The van der Waals surface area contributed by atoms with Gasteiger partial charge in [0.15, 0.2) is 0 Å². The third kappa shape index (κ3) is 8.02. The molecular weight excluding hydrogens is 581 g/mol. The molecule has 4 aromatic carbocycles. The van der Waals surface area contributed by atoms with Crippen molar-refractivity contribution in [3.63, 3.8) is 0 Å². The molecule has 10 heteroatoms. The van der Waals surface area contributed by atoms with E-state index >= 15 is 0 Å². The fourth-order valence-corrected chi connectivity index (χ4v) is 6.16. The molecule has 2 amide bonds. The Morgan fingerprint density at radius 1 is 0.864 bits per heavy atom. The highest BCUT2D eigenvalue weighted by atomic mass is 32.2. The molecule has 0 unspecified atom stereocenters. The predicted octanol–water partition coefficient (Wildman–Crippen LogP) is 5.11. The monoisotopic (exact) mass is 617 g/mol. The zero-order valence-corrected chi connectivity index (χ0v) is 25.8. The lowest BCUT2D eigenvalue weighted by molar-refractivity contribution is -0.139. The first-order valence-electron chi connectivity index (χ1n) is 14.2. The van der Waals surface area contributed by atoms with Crippen LogP contribution in [0.25, 0.3) is 0 Å². The van der Waals surface area contributed by atoms with Gasteiger partial charge in [0.1, 0.15) is 24.2 Å². The number of rotatable bonds is 13. The normalized spacial score (nSPS) is 11.8. The number of hydrogen-bond acceptors (Lipinski definition) is 5. The number of hydrogen-bond donors (Lipinski definition) is 1. The molecule has 0 aliphatic carbocycles. The average molecular weight is 618 g/mol. The molecule has 0 spiro atoms. The third-order valence-corrected chi connectivity index (χ3v) is 8.90. The Balaban J connectivity index is 1.78. The minimum Gasteiger partial charge on any atom is -0.494 e. The van der Waals surface area contributed by atoms with E-state index in [1.807, 2.05) is 44.2 Å². The molecule has 0 aromatic heterocycles. The minimum atomic E-state index is -4.22. The summed E-state index contributed by atoms with van der Waals surface area (Å²) in [4.78, 5) is 29.0. The predicted molar refractivity (Wildman–Crippen MR) is 168 cm³/mol. The Labute approximate surface area is 258 Å². The highest BCUT2D eigenvalue weighted by molar-refractivity contribution is 7.92. The van der Waals surface area contributed by atoms with Gasteiger partial charge in [0.2, 0.25) is 11.8 Å². The zero-order valence-electron chi connectivity index (χ0n) is 24.9. The molecule has 0 saturated heterocycles. The molecule has 1 N–H and O–H groups in total. The summed E-state index contributed by atoms with van der Waals surface area (Å²) in [6, 6.07) is 26.7. The first-order chi connectivity index (χ1) is 21.1. The van der Waals surface area contributed by atoms with Crippen LogP contribution in [0.1, 0.15) is 23.6 Å². The summed E-state index contributed by atoms with van der Waals surface area (Å²) in [5.41, 5.74) is 2.53. The van der Waals surface area contributed by atoms with Crippen molar-refractivity contribution >= 4 is 27.5 Å². The van der Waals surface area contributed by atoms with E-state index in [1.165, 1.54) is 48.3 Å². The number of ether oxygens (including phenoxy) is 1. The SMILES string of the molecule is CCOc1ccc(N(CC(=O)N(Cc2ccc(F)cc2)[C@@H](Cc2ccccc2)C(=O)NC)S(=O)(=O)c2ccc(C)cc2)cc1. The van der Waals surface area contributed by atoms with Gasteiger partial charge >= 0.3 is 0 Å². The maximum absolute atomic E-state index is 14.3. The van der Waals surface area contributed by atoms with E-state index in [2.05, 4.69) is 5.32 Å². The molecule has 0 bridgehead atoms. The van der Waals surface area contributed by atoms with Crippen LogP contribution >= 0.6 is 0 Å². The molecular formula is C34H36FN3O5S. The Bertz CT molecular complexity index is 1650. The topological polar surface area (TPSA) is 96.0 Å². The number of amides is 2. The Kier molecular flexibility index (Phi) is 10.7. The summed E-state index contributed by atoms with van der Waals surface area (Å²) in [5, 5.41) is 2.64. The number of nitrogens with one attached hydrogen (secondary N) is 1. The van der Waals surface area contributed by atoms with E-state index in [0.717, 1.165) is 15.4 Å². The second-order valence-corrected chi connectivity index (χ2v) is 12.1. The minimum absolute atomic E-state index is 0.0157. The van der Waals surface area contributed by atoms with Crippen molar-refractivity contribution < 1.29 is 27.1 Å². The van der Waals surface area contributed by atoms with Gasteiger partial charge in [-0.15, -0.1) is 0 Å². The highest BCUT2D eigenvalue weighted by Gasteiger charge is 2.34.